The van der Waals surface area contributed by atoms with Gasteiger partial charge in [0.05, 0.1) is 7.11 Å². The molecule has 2 rings (SSSR count). The second-order valence-corrected chi connectivity index (χ2v) is 4.74. The van der Waals surface area contributed by atoms with Crippen LogP contribution in [-0.2, 0) is 0 Å². The van der Waals surface area contributed by atoms with Gasteiger partial charge in [0.1, 0.15) is 0 Å². The van der Waals surface area contributed by atoms with E-state index in [1.165, 1.54) is 25.3 Å². The maximum Gasteiger partial charge on any atom is 0.387 e. The van der Waals surface area contributed by atoms with Gasteiger partial charge >= 0.3 is 6.61 Å². The molecule has 1 aliphatic heterocycles. The largest absolute Gasteiger partial charge is 0.493 e. The quantitative estimate of drug-likeness (QED) is 0.775. The van der Waals surface area contributed by atoms with E-state index in [2.05, 4.69) is 15.4 Å². The molecule has 1 amide bonds. The fraction of sp³-hybridized carbons (Fsp3) is 0.400. The fourth-order valence-electron chi connectivity index (χ4n) is 2.13. The van der Waals surface area contributed by atoms with Gasteiger partial charge in [0, 0.05) is 18.7 Å². The third kappa shape index (κ3) is 5.69. The second kappa shape index (κ2) is 9.32. The summed E-state index contributed by atoms with van der Waals surface area (Å²) in [5, 5.41) is 5.99. The zero-order chi connectivity index (χ0) is 15.9. The first-order valence-electron chi connectivity index (χ1n) is 6.90. The molecule has 0 aliphatic carbocycles. The number of methoxy groups -OCH3 is 1. The van der Waals surface area contributed by atoms with Crippen molar-refractivity contribution >= 4 is 18.3 Å². The van der Waals surface area contributed by atoms with E-state index in [1.807, 2.05) is 6.08 Å². The number of alkyl halides is 2. The zero-order valence-corrected chi connectivity index (χ0v) is 13.4. The summed E-state index contributed by atoms with van der Waals surface area (Å²) in [5.41, 5.74) is 1.49. The Morgan fingerprint density at radius 2 is 2.17 bits per heavy atom. The molecule has 2 N–H and O–H groups in total. The van der Waals surface area contributed by atoms with Gasteiger partial charge in [-0.2, -0.15) is 8.78 Å². The summed E-state index contributed by atoms with van der Waals surface area (Å²) in [4.78, 5) is 12.1. The van der Waals surface area contributed by atoms with Crippen LogP contribution in [0.4, 0.5) is 8.78 Å². The van der Waals surface area contributed by atoms with Gasteiger partial charge in [-0.15, -0.1) is 12.4 Å². The number of benzene rings is 1. The highest BCUT2D eigenvalue weighted by atomic mass is 35.5. The third-order valence-corrected chi connectivity index (χ3v) is 3.28. The van der Waals surface area contributed by atoms with E-state index in [-0.39, 0.29) is 29.8 Å². The Kier molecular flexibility index (Phi) is 7.77. The monoisotopic (exact) mass is 348 g/mol. The molecule has 0 fully saturated rings. The molecule has 0 bridgehead atoms. The molecule has 0 aromatic heterocycles. The topological polar surface area (TPSA) is 59.6 Å². The Balaban J connectivity index is 0.00000264. The van der Waals surface area contributed by atoms with Crippen molar-refractivity contribution in [3.8, 4) is 11.5 Å². The lowest BCUT2D eigenvalue weighted by Crippen LogP contribution is -2.29. The molecule has 0 saturated heterocycles. The Bertz CT molecular complexity index is 568. The predicted molar refractivity (Wildman–Crippen MR) is 84.8 cm³/mol. The summed E-state index contributed by atoms with van der Waals surface area (Å²) in [6.07, 6.45) is 2.94. The van der Waals surface area contributed by atoms with Crippen LogP contribution in [-0.4, -0.2) is 39.3 Å². The normalized spacial score (nSPS) is 13.8. The van der Waals surface area contributed by atoms with Crippen molar-refractivity contribution in [2.45, 2.75) is 13.0 Å². The van der Waals surface area contributed by atoms with Crippen LogP contribution in [0.2, 0.25) is 0 Å². The van der Waals surface area contributed by atoms with Crippen LogP contribution < -0.4 is 20.1 Å². The molecule has 8 heteroatoms. The molecule has 1 aromatic rings. The molecule has 0 radical (unpaired) electrons. The molecule has 0 spiro atoms. The van der Waals surface area contributed by atoms with Gasteiger partial charge in [0.15, 0.2) is 11.5 Å². The lowest BCUT2D eigenvalue weighted by atomic mass is 10.1. The number of halogens is 3. The van der Waals surface area contributed by atoms with Gasteiger partial charge in [-0.3, -0.25) is 4.79 Å². The van der Waals surface area contributed by atoms with Crippen LogP contribution in [0, 0.1) is 0 Å². The Hall–Kier alpha value is -1.86. The minimum Gasteiger partial charge on any atom is -0.493 e. The number of ether oxygens (including phenoxy) is 2. The van der Waals surface area contributed by atoms with Crippen molar-refractivity contribution in [2.24, 2.45) is 0 Å². The van der Waals surface area contributed by atoms with E-state index in [1.54, 1.807) is 0 Å². The standard InChI is InChI=1S/C15H18F2N2O3.ClH/c1-21-13-8-11(2-3-12(13)22-15(16)17)14(20)19-9-10-4-6-18-7-5-10;/h2-4,8,15,18H,5-7,9H2,1H3,(H,19,20);1H. The number of nitrogens with one attached hydrogen (secondary N) is 2. The summed E-state index contributed by atoms with van der Waals surface area (Å²) in [6.45, 7) is -0.771. The predicted octanol–water partition coefficient (Wildman–Crippen LogP) is 2.37. The average molecular weight is 349 g/mol. The summed E-state index contributed by atoms with van der Waals surface area (Å²) < 4.78 is 33.8. The molecule has 5 nitrogen and oxygen atoms in total. The first kappa shape index (κ1) is 19.2. The van der Waals surface area contributed by atoms with Crippen molar-refractivity contribution < 1.29 is 23.0 Å². The molecule has 0 saturated carbocycles. The van der Waals surface area contributed by atoms with Gasteiger partial charge in [0.25, 0.3) is 5.91 Å². The number of hydrogen-bond donors (Lipinski definition) is 2. The maximum atomic E-state index is 12.3. The van der Waals surface area contributed by atoms with Crippen molar-refractivity contribution in [2.75, 3.05) is 26.7 Å². The van der Waals surface area contributed by atoms with Crippen LogP contribution in [0.3, 0.4) is 0 Å². The van der Waals surface area contributed by atoms with Crippen LogP contribution >= 0.6 is 12.4 Å². The molecule has 1 aromatic carbocycles. The number of amides is 1. The summed E-state index contributed by atoms with van der Waals surface area (Å²) in [7, 11) is 1.33. The maximum absolute atomic E-state index is 12.3. The molecule has 128 valence electrons. The first-order valence-corrected chi connectivity index (χ1v) is 6.90. The smallest absolute Gasteiger partial charge is 0.387 e. The SMILES string of the molecule is COc1cc(C(=O)NCC2=CCNCC2)ccc1OC(F)F.Cl. The van der Waals surface area contributed by atoms with Crippen molar-refractivity contribution in [3.05, 3.63) is 35.4 Å². The highest BCUT2D eigenvalue weighted by Gasteiger charge is 2.14. The van der Waals surface area contributed by atoms with E-state index in [4.69, 9.17) is 4.74 Å². The van der Waals surface area contributed by atoms with E-state index in [0.717, 1.165) is 25.1 Å². The average Bonchev–Trinajstić information content (AvgIpc) is 2.53. The zero-order valence-electron chi connectivity index (χ0n) is 12.6. The van der Waals surface area contributed by atoms with Crippen molar-refractivity contribution in [1.29, 1.82) is 0 Å². The molecule has 0 atom stereocenters. The minimum absolute atomic E-state index is 0. The second-order valence-electron chi connectivity index (χ2n) is 4.74. The van der Waals surface area contributed by atoms with E-state index in [9.17, 15) is 13.6 Å². The molecular weight excluding hydrogens is 330 g/mol. The van der Waals surface area contributed by atoms with Gasteiger partial charge in [-0.25, -0.2) is 0 Å². The highest BCUT2D eigenvalue weighted by Crippen LogP contribution is 2.29. The van der Waals surface area contributed by atoms with Crippen LogP contribution in [0.25, 0.3) is 0 Å². The van der Waals surface area contributed by atoms with Crippen molar-refractivity contribution in [3.63, 3.8) is 0 Å². The highest BCUT2D eigenvalue weighted by molar-refractivity contribution is 5.95. The number of hydrogen-bond acceptors (Lipinski definition) is 4. The lowest BCUT2D eigenvalue weighted by molar-refractivity contribution is -0.0512. The van der Waals surface area contributed by atoms with E-state index in [0.29, 0.717) is 12.1 Å². The van der Waals surface area contributed by atoms with E-state index >= 15 is 0 Å². The van der Waals surface area contributed by atoms with Crippen LogP contribution in [0.5, 0.6) is 11.5 Å². The molecular formula is C15H19ClF2N2O3. The Morgan fingerprint density at radius 1 is 1.39 bits per heavy atom. The summed E-state index contributed by atoms with van der Waals surface area (Å²) in [5.74, 6) is -0.300. The Morgan fingerprint density at radius 3 is 2.78 bits per heavy atom. The van der Waals surface area contributed by atoms with Gasteiger partial charge < -0.3 is 20.1 Å². The number of carbonyl (C=O) groups excluding carboxylic acids is 1. The minimum atomic E-state index is -2.94. The van der Waals surface area contributed by atoms with Crippen LogP contribution in [0.15, 0.2) is 29.8 Å². The fourth-order valence-corrected chi connectivity index (χ4v) is 2.13. The number of carbonyl (C=O) groups is 1. The summed E-state index contributed by atoms with van der Waals surface area (Å²) >= 11 is 0. The third-order valence-electron chi connectivity index (χ3n) is 3.28. The summed E-state index contributed by atoms with van der Waals surface area (Å²) in [6, 6.07) is 4.10. The molecule has 23 heavy (non-hydrogen) atoms. The van der Waals surface area contributed by atoms with E-state index < -0.39 is 6.61 Å². The first-order chi connectivity index (χ1) is 10.6. The van der Waals surface area contributed by atoms with Crippen molar-refractivity contribution in [1.82, 2.24) is 10.6 Å². The number of rotatable bonds is 6. The Labute approximate surface area is 139 Å². The molecule has 1 heterocycles. The molecule has 1 aliphatic rings. The van der Waals surface area contributed by atoms with Crippen LogP contribution in [0.1, 0.15) is 16.8 Å². The van der Waals surface area contributed by atoms with Gasteiger partial charge in [-0.05, 0) is 31.2 Å². The lowest BCUT2D eigenvalue weighted by Gasteiger charge is -2.15. The van der Waals surface area contributed by atoms with Gasteiger partial charge in [0.2, 0.25) is 0 Å². The van der Waals surface area contributed by atoms with Gasteiger partial charge in [-0.1, -0.05) is 11.6 Å². The molecule has 0 unspecified atom stereocenters.